The normalized spacial score (nSPS) is 10.4. The van der Waals surface area contributed by atoms with E-state index in [-0.39, 0.29) is 0 Å². The molecule has 0 atom stereocenters. The molecular formula is C16H22N2O4. The first-order valence-corrected chi connectivity index (χ1v) is 7.05. The number of hydrogen-bond donors (Lipinski definition) is 4. The Labute approximate surface area is 128 Å². The SMILES string of the molecule is Cc1[nH]c2c(C(C)C)cccc2c1CCN.O=C(O)C(=O)O. The average molecular weight is 306 g/mol. The molecule has 0 saturated carbocycles. The summed E-state index contributed by atoms with van der Waals surface area (Å²) in [5.74, 6) is -3.10. The Morgan fingerprint density at radius 3 is 2.27 bits per heavy atom. The van der Waals surface area contributed by atoms with Gasteiger partial charge in [-0.1, -0.05) is 32.0 Å². The molecule has 2 aromatic rings. The van der Waals surface area contributed by atoms with Crippen LogP contribution in [0.3, 0.4) is 0 Å². The van der Waals surface area contributed by atoms with Gasteiger partial charge in [0.15, 0.2) is 0 Å². The monoisotopic (exact) mass is 306 g/mol. The summed E-state index contributed by atoms with van der Waals surface area (Å²) in [4.78, 5) is 21.7. The average Bonchev–Trinajstić information content (AvgIpc) is 2.76. The van der Waals surface area contributed by atoms with Crippen molar-refractivity contribution in [1.82, 2.24) is 4.98 Å². The van der Waals surface area contributed by atoms with Crippen LogP contribution in [0.25, 0.3) is 10.9 Å². The number of aromatic nitrogens is 1. The molecule has 1 aromatic carbocycles. The Morgan fingerprint density at radius 1 is 1.23 bits per heavy atom. The van der Waals surface area contributed by atoms with Gasteiger partial charge in [0, 0.05) is 16.6 Å². The summed E-state index contributed by atoms with van der Waals surface area (Å²) in [6.07, 6.45) is 0.952. The molecule has 0 aliphatic carbocycles. The van der Waals surface area contributed by atoms with Crippen molar-refractivity contribution in [2.24, 2.45) is 5.73 Å². The van der Waals surface area contributed by atoms with Crippen LogP contribution in [0.15, 0.2) is 18.2 Å². The van der Waals surface area contributed by atoms with Gasteiger partial charge in [0.25, 0.3) is 0 Å². The summed E-state index contributed by atoms with van der Waals surface area (Å²) in [5.41, 5.74) is 11.0. The lowest BCUT2D eigenvalue weighted by Gasteiger charge is -2.06. The minimum atomic E-state index is -1.82. The van der Waals surface area contributed by atoms with Crippen molar-refractivity contribution in [3.8, 4) is 0 Å². The van der Waals surface area contributed by atoms with Gasteiger partial charge in [0.05, 0.1) is 0 Å². The zero-order chi connectivity index (χ0) is 16.9. The van der Waals surface area contributed by atoms with E-state index in [2.05, 4.69) is 44.0 Å². The van der Waals surface area contributed by atoms with Crippen LogP contribution in [0.4, 0.5) is 0 Å². The number of hydrogen-bond acceptors (Lipinski definition) is 3. The third-order valence-corrected chi connectivity index (χ3v) is 3.39. The van der Waals surface area contributed by atoms with E-state index in [0.29, 0.717) is 12.5 Å². The Bertz CT molecular complexity index is 662. The minimum absolute atomic E-state index is 0.549. The number of fused-ring (bicyclic) bond motifs is 1. The third-order valence-electron chi connectivity index (χ3n) is 3.39. The molecule has 6 heteroatoms. The fourth-order valence-electron chi connectivity index (χ4n) is 2.37. The van der Waals surface area contributed by atoms with Gasteiger partial charge in [-0.25, -0.2) is 9.59 Å². The van der Waals surface area contributed by atoms with Crippen molar-refractivity contribution in [3.63, 3.8) is 0 Å². The number of carbonyl (C=O) groups is 2. The Balaban J connectivity index is 0.000000346. The second-order valence-corrected chi connectivity index (χ2v) is 5.30. The number of aryl methyl sites for hydroxylation is 1. The molecule has 0 bridgehead atoms. The summed E-state index contributed by atoms with van der Waals surface area (Å²) in [6, 6.07) is 6.54. The third kappa shape index (κ3) is 4.08. The number of nitrogens with one attached hydrogen (secondary N) is 1. The molecule has 0 aliphatic heterocycles. The van der Waals surface area contributed by atoms with Gasteiger partial charge in [-0.05, 0) is 36.9 Å². The highest BCUT2D eigenvalue weighted by Gasteiger charge is 2.11. The standard InChI is InChI=1S/C14H20N2.C2H2O4/c1-9(2)11-5-4-6-13-12(7-8-15)10(3)16-14(11)13;3-1(4)2(5)6/h4-6,9,16H,7-8,15H2,1-3H3;(H,3,4)(H,5,6). The van der Waals surface area contributed by atoms with Crippen molar-refractivity contribution in [2.45, 2.75) is 33.1 Å². The lowest BCUT2D eigenvalue weighted by atomic mass is 9.99. The van der Waals surface area contributed by atoms with Crippen LogP contribution in [0.1, 0.15) is 36.6 Å². The highest BCUT2D eigenvalue weighted by molar-refractivity contribution is 6.27. The first-order valence-electron chi connectivity index (χ1n) is 7.05. The first kappa shape index (κ1) is 17.7. The van der Waals surface area contributed by atoms with Gasteiger partial charge in [-0.3, -0.25) is 0 Å². The van der Waals surface area contributed by atoms with E-state index in [0.717, 1.165) is 6.42 Å². The van der Waals surface area contributed by atoms with Crippen molar-refractivity contribution in [2.75, 3.05) is 6.54 Å². The van der Waals surface area contributed by atoms with E-state index in [4.69, 9.17) is 25.5 Å². The second kappa shape index (κ2) is 7.61. The van der Waals surface area contributed by atoms with E-state index in [1.165, 1.54) is 27.7 Å². The number of aliphatic carboxylic acids is 2. The lowest BCUT2D eigenvalue weighted by Crippen LogP contribution is -2.09. The number of rotatable bonds is 3. The lowest BCUT2D eigenvalue weighted by molar-refractivity contribution is -0.159. The number of aromatic amines is 1. The predicted octanol–water partition coefficient (Wildman–Crippen LogP) is 2.26. The number of benzene rings is 1. The molecule has 5 N–H and O–H groups in total. The van der Waals surface area contributed by atoms with Crippen LogP contribution >= 0.6 is 0 Å². The predicted molar refractivity (Wildman–Crippen MR) is 85.2 cm³/mol. The van der Waals surface area contributed by atoms with E-state index < -0.39 is 11.9 Å². The van der Waals surface area contributed by atoms with Crippen molar-refractivity contribution in [1.29, 1.82) is 0 Å². The molecule has 0 unspecified atom stereocenters. The van der Waals surface area contributed by atoms with Crippen molar-refractivity contribution < 1.29 is 19.8 Å². The molecule has 6 nitrogen and oxygen atoms in total. The fourth-order valence-corrected chi connectivity index (χ4v) is 2.37. The van der Waals surface area contributed by atoms with E-state index in [1.807, 2.05) is 0 Å². The Hall–Kier alpha value is -2.34. The molecule has 1 aromatic heterocycles. The molecule has 120 valence electrons. The Kier molecular flexibility index (Phi) is 6.12. The van der Waals surface area contributed by atoms with Crippen LogP contribution in [-0.2, 0) is 16.0 Å². The smallest absolute Gasteiger partial charge is 0.414 e. The highest BCUT2D eigenvalue weighted by atomic mass is 16.4. The summed E-state index contributed by atoms with van der Waals surface area (Å²) in [5, 5.41) is 16.1. The maximum atomic E-state index is 9.10. The van der Waals surface area contributed by atoms with Crippen LogP contribution in [0.5, 0.6) is 0 Å². The quantitative estimate of drug-likeness (QED) is 0.649. The van der Waals surface area contributed by atoms with Crippen molar-refractivity contribution >= 4 is 22.8 Å². The maximum absolute atomic E-state index is 9.10. The van der Waals surface area contributed by atoms with Crippen LogP contribution in [-0.4, -0.2) is 33.7 Å². The number of H-pyrrole nitrogens is 1. The molecule has 0 fully saturated rings. The van der Waals surface area contributed by atoms with Gasteiger partial charge in [-0.2, -0.15) is 0 Å². The second-order valence-electron chi connectivity index (χ2n) is 5.30. The van der Waals surface area contributed by atoms with Crippen LogP contribution in [0, 0.1) is 6.92 Å². The van der Waals surface area contributed by atoms with E-state index >= 15 is 0 Å². The number of carboxylic acid groups (broad SMARTS) is 2. The fraction of sp³-hybridized carbons (Fsp3) is 0.375. The summed E-state index contributed by atoms with van der Waals surface area (Å²) < 4.78 is 0. The van der Waals surface area contributed by atoms with Gasteiger partial charge in [-0.15, -0.1) is 0 Å². The molecule has 0 radical (unpaired) electrons. The van der Waals surface area contributed by atoms with Gasteiger partial charge >= 0.3 is 11.9 Å². The Morgan fingerprint density at radius 2 is 1.82 bits per heavy atom. The van der Waals surface area contributed by atoms with E-state index in [9.17, 15) is 0 Å². The largest absolute Gasteiger partial charge is 0.473 e. The first-order chi connectivity index (χ1) is 10.3. The molecular weight excluding hydrogens is 284 g/mol. The van der Waals surface area contributed by atoms with Crippen LogP contribution in [0.2, 0.25) is 0 Å². The summed E-state index contributed by atoms with van der Waals surface area (Å²) in [6.45, 7) is 7.30. The van der Waals surface area contributed by atoms with Gasteiger partial charge in [0.2, 0.25) is 0 Å². The molecule has 0 amide bonds. The highest BCUT2D eigenvalue weighted by Crippen LogP contribution is 2.29. The topological polar surface area (TPSA) is 116 Å². The summed E-state index contributed by atoms with van der Waals surface area (Å²) >= 11 is 0. The molecule has 2 rings (SSSR count). The molecule has 22 heavy (non-hydrogen) atoms. The zero-order valence-electron chi connectivity index (χ0n) is 13.0. The van der Waals surface area contributed by atoms with E-state index in [1.54, 1.807) is 0 Å². The molecule has 0 spiro atoms. The number of para-hydroxylation sites is 1. The van der Waals surface area contributed by atoms with Gasteiger partial charge < -0.3 is 20.9 Å². The number of nitrogens with two attached hydrogens (primary N) is 1. The minimum Gasteiger partial charge on any atom is -0.473 e. The number of carboxylic acids is 2. The summed E-state index contributed by atoms with van der Waals surface area (Å²) in [7, 11) is 0. The maximum Gasteiger partial charge on any atom is 0.414 e. The molecule has 1 heterocycles. The van der Waals surface area contributed by atoms with Gasteiger partial charge in [0.1, 0.15) is 0 Å². The van der Waals surface area contributed by atoms with Crippen LogP contribution < -0.4 is 5.73 Å². The molecule has 0 aliphatic rings. The zero-order valence-corrected chi connectivity index (χ0v) is 13.0. The molecule has 0 saturated heterocycles. The van der Waals surface area contributed by atoms with Crippen molar-refractivity contribution in [3.05, 3.63) is 35.0 Å².